The Labute approximate surface area is 83.3 Å². The van der Waals surface area contributed by atoms with E-state index in [1.165, 1.54) is 4.68 Å². The van der Waals surface area contributed by atoms with E-state index in [9.17, 15) is 4.79 Å². The lowest BCUT2D eigenvalue weighted by Crippen LogP contribution is -2.32. The van der Waals surface area contributed by atoms with Crippen molar-refractivity contribution in [1.82, 2.24) is 15.1 Å². The minimum absolute atomic E-state index is 0.143. The second-order valence-electron chi connectivity index (χ2n) is 3.39. The van der Waals surface area contributed by atoms with Crippen LogP contribution < -0.4 is 11.1 Å². The molecule has 5 nitrogen and oxygen atoms in total. The van der Waals surface area contributed by atoms with Gasteiger partial charge in [0.2, 0.25) is 0 Å². The number of anilines is 1. The molecule has 0 radical (unpaired) electrons. The Morgan fingerprint density at radius 3 is 2.86 bits per heavy atom. The molecule has 1 atom stereocenters. The second kappa shape index (κ2) is 4.13. The molecule has 78 valence electrons. The highest BCUT2D eigenvalue weighted by molar-refractivity contribution is 5.97. The van der Waals surface area contributed by atoms with Crippen LogP contribution in [0.3, 0.4) is 0 Å². The van der Waals surface area contributed by atoms with Crippen molar-refractivity contribution >= 4 is 11.6 Å². The Balaban J connectivity index is 2.74. The highest BCUT2D eigenvalue weighted by Gasteiger charge is 2.14. The van der Waals surface area contributed by atoms with Gasteiger partial charge in [-0.1, -0.05) is 6.92 Å². The SMILES string of the molecule is CCC(C)NC(=O)c1nn(C)cc1N. The van der Waals surface area contributed by atoms with Crippen LogP contribution in [0.15, 0.2) is 6.20 Å². The van der Waals surface area contributed by atoms with Crippen LogP contribution in [-0.4, -0.2) is 21.7 Å². The predicted octanol–water partition coefficient (Wildman–Crippen LogP) is 0.531. The molecule has 0 aliphatic rings. The van der Waals surface area contributed by atoms with Gasteiger partial charge in [-0.15, -0.1) is 0 Å². The first-order valence-electron chi connectivity index (χ1n) is 4.64. The van der Waals surface area contributed by atoms with Crippen molar-refractivity contribution in [3.63, 3.8) is 0 Å². The molecule has 1 amide bonds. The van der Waals surface area contributed by atoms with Gasteiger partial charge in [0, 0.05) is 19.3 Å². The summed E-state index contributed by atoms with van der Waals surface area (Å²) in [5.41, 5.74) is 6.32. The predicted molar refractivity (Wildman–Crippen MR) is 54.8 cm³/mol. The van der Waals surface area contributed by atoms with E-state index in [0.29, 0.717) is 11.4 Å². The number of amides is 1. The standard InChI is InChI=1S/C9H16N4O/c1-4-6(2)11-9(14)8-7(10)5-13(3)12-8/h5-6H,4,10H2,1-3H3,(H,11,14). The van der Waals surface area contributed by atoms with Gasteiger partial charge in [-0.3, -0.25) is 9.48 Å². The molecule has 0 aromatic carbocycles. The van der Waals surface area contributed by atoms with Gasteiger partial charge in [0.05, 0.1) is 5.69 Å². The van der Waals surface area contributed by atoms with Gasteiger partial charge < -0.3 is 11.1 Å². The molecular weight excluding hydrogens is 180 g/mol. The molecule has 0 bridgehead atoms. The fourth-order valence-electron chi connectivity index (χ4n) is 1.08. The molecule has 0 spiro atoms. The third kappa shape index (κ3) is 2.25. The fraction of sp³-hybridized carbons (Fsp3) is 0.556. The number of nitrogen functional groups attached to an aromatic ring is 1. The molecule has 1 aromatic rings. The highest BCUT2D eigenvalue weighted by Crippen LogP contribution is 2.07. The van der Waals surface area contributed by atoms with Crippen molar-refractivity contribution in [2.45, 2.75) is 26.3 Å². The van der Waals surface area contributed by atoms with Crippen LogP contribution >= 0.6 is 0 Å². The van der Waals surface area contributed by atoms with Crippen LogP contribution in [0.4, 0.5) is 5.69 Å². The average molecular weight is 196 g/mol. The Bertz CT molecular complexity index is 332. The summed E-state index contributed by atoms with van der Waals surface area (Å²) in [5, 5.41) is 6.78. The van der Waals surface area contributed by atoms with Gasteiger partial charge >= 0.3 is 0 Å². The molecule has 1 rings (SSSR count). The van der Waals surface area contributed by atoms with E-state index in [2.05, 4.69) is 10.4 Å². The highest BCUT2D eigenvalue weighted by atomic mass is 16.2. The molecule has 0 fully saturated rings. The number of carbonyl (C=O) groups excluding carboxylic acids is 1. The summed E-state index contributed by atoms with van der Waals surface area (Å²) in [4.78, 5) is 11.6. The lowest BCUT2D eigenvalue weighted by Gasteiger charge is -2.09. The summed E-state index contributed by atoms with van der Waals surface area (Å²) >= 11 is 0. The van der Waals surface area contributed by atoms with Crippen LogP contribution in [0.25, 0.3) is 0 Å². The maximum atomic E-state index is 11.6. The Morgan fingerprint density at radius 2 is 2.43 bits per heavy atom. The molecular formula is C9H16N4O. The minimum Gasteiger partial charge on any atom is -0.396 e. The molecule has 0 aliphatic carbocycles. The van der Waals surface area contributed by atoms with Crippen molar-refractivity contribution in [1.29, 1.82) is 0 Å². The van der Waals surface area contributed by atoms with E-state index in [1.54, 1.807) is 13.2 Å². The number of hydrogen-bond donors (Lipinski definition) is 2. The monoisotopic (exact) mass is 196 g/mol. The lowest BCUT2D eigenvalue weighted by atomic mass is 10.2. The number of nitrogens with two attached hydrogens (primary N) is 1. The van der Waals surface area contributed by atoms with Gasteiger partial charge in [-0.2, -0.15) is 5.10 Å². The van der Waals surface area contributed by atoms with E-state index < -0.39 is 0 Å². The van der Waals surface area contributed by atoms with Crippen molar-refractivity contribution in [3.05, 3.63) is 11.9 Å². The second-order valence-corrected chi connectivity index (χ2v) is 3.39. The number of aromatic nitrogens is 2. The Hall–Kier alpha value is -1.52. The summed E-state index contributed by atoms with van der Waals surface area (Å²) in [7, 11) is 1.73. The van der Waals surface area contributed by atoms with Crippen LogP contribution in [-0.2, 0) is 7.05 Å². The summed E-state index contributed by atoms with van der Waals surface area (Å²) < 4.78 is 1.53. The first kappa shape index (κ1) is 10.6. The van der Waals surface area contributed by atoms with Crippen LogP contribution in [0.2, 0.25) is 0 Å². The maximum absolute atomic E-state index is 11.6. The van der Waals surface area contributed by atoms with E-state index >= 15 is 0 Å². The van der Waals surface area contributed by atoms with Gasteiger partial charge in [-0.25, -0.2) is 0 Å². The fourth-order valence-corrected chi connectivity index (χ4v) is 1.08. The van der Waals surface area contributed by atoms with Crippen molar-refractivity contribution in [2.24, 2.45) is 7.05 Å². The molecule has 1 aromatic heterocycles. The Kier molecular flexibility index (Phi) is 3.11. The van der Waals surface area contributed by atoms with Gasteiger partial charge in [0.25, 0.3) is 5.91 Å². The van der Waals surface area contributed by atoms with Gasteiger partial charge in [-0.05, 0) is 13.3 Å². The van der Waals surface area contributed by atoms with Crippen LogP contribution in [0, 0.1) is 0 Å². The summed E-state index contributed by atoms with van der Waals surface area (Å²) in [6, 6.07) is 0.143. The summed E-state index contributed by atoms with van der Waals surface area (Å²) in [6.45, 7) is 3.95. The number of nitrogens with one attached hydrogen (secondary N) is 1. The smallest absolute Gasteiger partial charge is 0.274 e. The van der Waals surface area contributed by atoms with E-state index in [4.69, 9.17) is 5.73 Å². The molecule has 0 aliphatic heterocycles. The third-order valence-corrected chi connectivity index (χ3v) is 2.06. The molecule has 3 N–H and O–H groups in total. The van der Waals surface area contributed by atoms with E-state index in [1.807, 2.05) is 13.8 Å². The van der Waals surface area contributed by atoms with E-state index in [0.717, 1.165) is 6.42 Å². The first-order chi connectivity index (χ1) is 6.54. The zero-order valence-corrected chi connectivity index (χ0v) is 8.74. The van der Waals surface area contributed by atoms with E-state index in [-0.39, 0.29) is 11.9 Å². The quantitative estimate of drug-likeness (QED) is 0.740. The van der Waals surface area contributed by atoms with Crippen LogP contribution in [0.5, 0.6) is 0 Å². The molecule has 5 heteroatoms. The number of rotatable bonds is 3. The Morgan fingerprint density at radius 1 is 1.79 bits per heavy atom. The molecule has 1 unspecified atom stereocenters. The summed E-state index contributed by atoms with van der Waals surface area (Å²) in [5.74, 6) is -0.211. The lowest BCUT2D eigenvalue weighted by molar-refractivity contribution is 0.0934. The molecule has 14 heavy (non-hydrogen) atoms. The van der Waals surface area contributed by atoms with Crippen molar-refractivity contribution in [2.75, 3.05) is 5.73 Å². The number of hydrogen-bond acceptors (Lipinski definition) is 3. The zero-order chi connectivity index (χ0) is 10.7. The first-order valence-corrected chi connectivity index (χ1v) is 4.64. The van der Waals surface area contributed by atoms with Gasteiger partial charge in [0.15, 0.2) is 5.69 Å². The molecule has 0 saturated heterocycles. The average Bonchev–Trinajstić information content (AvgIpc) is 2.45. The molecule has 0 saturated carbocycles. The topological polar surface area (TPSA) is 72.9 Å². The maximum Gasteiger partial charge on any atom is 0.274 e. The minimum atomic E-state index is -0.211. The number of carbonyl (C=O) groups is 1. The molecule has 1 heterocycles. The van der Waals surface area contributed by atoms with Crippen LogP contribution in [0.1, 0.15) is 30.8 Å². The third-order valence-electron chi connectivity index (χ3n) is 2.06. The normalized spacial score (nSPS) is 12.5. The number of aryl methyl sites for hydroxylation is 1. The zero-order valence-electron chi connectivity index (χ0n) is 8.74. The summed E-state index contributed by atoms with van der Waals surface area (Å²) in [6.07, 6.45) is 2.50. The largest absolute Gasteiger partial charge is 0.396 e. The van der Waals surface area contributed by atoms with Crippen molar-refractivity contribution in [3.8, 4) is 0 Å². The number of nitrogens with zero attached hydrogens (tertiary/aromatic N) is 2. The van der Waals surface area contributed by atoms with Crippen molar-refractivity contribution < 1.29 is 4.79 Å². The van der Waals surface area contributed by atoms with Gasteiger partial charge in [0.1, 0.15) is 0 Å².